The number of aliphatic hydroxyl groups is 4. The zero-order valence-corrected chi connectivity index (χ0v) is 9.78. The molecule has 18 heavy (non-hydrogen) atoms. The molecule has 104 valence electrons. The Labute approximate surface area is 103 Å². The molecule has 7 N–H and O–H groups in total. The first-order valence-electron chi connectivity index (χ1n) is 5.36. The van der Waals surface area contributed by atoms with Crippen molar-refractivity contribution in [3.05, 3.63) is 0 Å². The molecular formula is C10H17NO7. The summed E-state index contributed by atoms with van der Waals surface area (Å²) in [5, 5.41) is 47.0. The third-order valence-corrected chi connectivity index (χ3v) is 3.22. The first-order chi connectivity index (χ1) is 8.02. The van der Waals surface area contributed by atoms with Gasteiger partial charge in [-0.3, -0.25) is 4.79 Å². The molecule has 0 saturated heterocycles. The molecule has 0 spiro atoms. The highest BCUT2D eigenvalue weighted by Crippen LogP contribution is 2.32. The Kier molecular flexibility index (Phi) is 3.80. The Hall–Kier alpha value is -1.06. The Morgan fingerprint density at radius 2 is 1.61 bits per heavy atom. The van der Waals surface area contributed by atoms with E-state index in [0.717, 1.165) is 6.92 Å². The van der Waals surface area contributed by atoms with Crippen molar-refractivity contribution in [3.63, 3.8) is 0 Å². The third kappa shape index (κ3) is 2.38. The zero-order chi connectivity index (χ0) is 14.3. The molecule has 0 aliphatic heterocycles. The summed E-state index contributed by atoms with van der Waals surface area (Å²) in [6.45, 7) is 0.916. The van der Waals surface area contributed by atoms with Crippen molar-refractivity contribution < 1.29 is 35.1 Å². The summed E-state index contributed by atoms with van der Waals surface area (Å²) >= 11 is 0. The SMILES string of the molecule is C[C@](N)(C(=O)O)C(=O)C1(O)C[C@@H](O)C(O)[C@H](O)C1. The zero-order valence-electron chi connectivity index (χ0n) is 9.78. The van der Waals surface area contributed by atoms with Crippen LogP contribution in [0, 0.1) is 0 Å². The van der Waals surface area contributed by atoms with Crippen LogP contribution in [-0.2, 0) is 9.59 Å². The van der Waals surface area contributed by atoms with E-state index in [4.69, 9.17) is 10.8 Å². The lowest BCUT2D eigenvalue weighted by atomic mass is 9.72. The Bertz CT molecular complexity index is 355. The largest absolute Gasteiger partial charge is 0.480 e. The Morgan fingerprint density at radius 3 is 1.94 bits per heavy atom. The molecule has 1 fully saturated rings. The normalized spacial score (nSPS) is 40.0. The minimum atomic E-state index is -2.34. The van der Waals surface area contributed by atoms with Crippen molar-refractivity contribution in [3.8, 4) is 0 Å². The molecule has 0 heterocycles. The van der Waals surface area contributed by atoms with Crippen LogP contribution in [0.2, 0.25) is 0 Å². The lowest BCUT2D eigenvalue weighted by Crippen LogP contribution is -2.65. The van der Waals surface area contributed by atoms with Crippen LogP contribution in [0.4, 0.5) is 0 Å². The number of Topliss-reactive ketones (excluding diaryl/α,β-unsaturated/α-hetero) is 1. The quantitative estimate of drug-likeness (QED) is 0.293. The Morgan fingerprint density at radius 1 is 1.22 bits per heavy atom. The van der Waals surface area contributed by atoms with Gasteiger partial charge in [0, 0.05) is 12.8 Å². The van der Waals surface area contributed by atoms with Gasteiger partial charge >= 0.3 is 5.97 Å². The summed E-state index contributed by atoms with van der Waals surface area (Å²) in [5.41, 5.74) is 0.695. The van der Waals surface area contributed by atoms with Crippen LogP contribution in [0.3, 0.4) is 0 Å². The number of hydrogen-bond donors (Lipinski definition) is 6. The van der Waals surface area contributed by atoms with Crippen LogP contribution < -0.4 is 5.73 Å². The summed E-state index contributed by atoms with van der Waals surface area (Å²) < 4.78 is 0. The summed E-state index contributed by atoms with van der Waals surface area (Å²) in [7, 11) is 0. The van der Waals surface area contributed by atoms with E-state index in [-0.39, 0.29) is 0 Å². The van der Waals surface area contributed by atoms with Crippen molar-refractivity contribution in [1.82, 2.24) is 0 Å². The number of ketones is 1. The molecule has 0 amide bonds. The van der Waals surface area contributed by atoms with E-state index in [2.05, 4.69) is 0 Å². The van der Waals surface area contributed by atoms with Crippen LogP contribution in [-0.4, -0.2) is 66.7 Å². The average Bonchev–Trinajstić information content (AvgIpc) is 2.24. The van der Waals surface area contributed by atoms with Gasteiger partial charge in [-0.05, 0) is 6.92 Å². The number of aliphatic carboxylic acids is 1. The van der Waals surface area contributed by atoms with Crippen molar-refractivity contribution in [2.75, 3.05) is 0 Å². The maximum atomic E-state index is 11.9. The second-order valence-corrected chi connectivity index (χ2v) is 4.90. The number of aliphatic hydroxyl groups excluding tert-OH is 3. The lowest BCUT2D eigenvalue weighted by Gasteiger charge is -2.41. The minimum Gasteiger partial charge on any atom is -0.480 e. The smallest absolute Gasteiger partial charge is 0.331 e. The highest BCUT2D eigenvalue weighted by Gasteiger charge is 2.54. The van der Waals surface area contributed by atoms with Gasteiger partial charge in [0.15, 0.2) is 11.3 Å². The van der Waals surface area contributed by atoms with E-state index in [9.17, 15) is 30.0 Å². The van der Waals surface area contributed by atoms with Crippen molar-refractivity contribution >= 4 is 11.8 Å². The van der Waals surface area contributed by atoms with E-state index in [1.165, 1.54) is 0 Å². The van der Waals surface area contributed by atoms with Gasteiger partial charge in [-0.2, -0.15) is 0 Å². The first-order valence-corrected chi connectivity index (χ1v) is 5.36. The number of carbonyl (C=O) groups excluding carboxylic acids is 1. The fourth-order valence-electron chi connectivity index (χ4n) is 2.04. The molecule has 1 aliphatic carbocycles. The topological polar surface area (TPSA) is 161 Å². The van der Waals surface area contributed by atoms with Gasteiger partial charge in [0.2, 0.25) is 0 Å². The minimum absolute atomic E-state index is 0.579. The monoisotopic (exact) mass is 263 g/mol. The molecule has 8 heteroatoms. The number of hydrogen-bond acceptors (Lipinski definition) is 7. The molecule has 0 aromatic rings. The van der Waals surface area contributed by atoms with E-state index >= 15 is 0 Å². The summed E-state index contributed by atoms with van der Waals surface area (Å²) in [6.07, 6.45) is -5.72. The fourth-order valence-corrected chi connectivity index (χ4v) is 2.04. The number of rotatable bonds is 3. The molecule has 3 atom stereocenters. The molecule has 1 saturated carbocycles. The van der Waals surface area contributed by atoms with Crippen LogP contribution in [0.1, 0.15) is 19.8 Å². The van der Waals surface area contributed by atoms with E-state index in [1.807, 2.05) is 0 Å². The predicted octanol–water partition coefficient (Wildman–Crippen LogP) is -3.03. The average molecular weight is 263 g/mol. The van der Waals surface area contributed by atoms with Crippen LogP contribution >= 0.6 is 0 Å². The van der Waals surface area contributed by atoms with Crippen molar-refractivity contribution in [1.29, 1.82) is 0 Å². The van der Waals surface area contributed by atoms with Gasteiger partial charge in [-0.1, -0.05) is 0 Å². The first kappa shape index (κ1) is 15.0. The van der Waals surface area contributed by atoms with Gasteiger partial charge in [-0.25, -0.2) is 4.79 Å². The lowest BCUT2D eigenvalue weighted by molar-refractivity contribution is -0.178. The van der Waals surface area contributed by atoms with Gasteiger partial charge in [0.05, 0.1) is 12.2 Å². The Balaban J connectivity index is 3.01. The fraction of sp³-hybridized carbons (Fsp3) is 0.800. The summed E-state index contributed by atoms with van der Waals surface area (Å²) in [6, 6.07) is 0. The summed E-state index contributed by atoms with van der Waals surface area (Å²) in [4.78, 5) is 22.8. The van der Waals surface area contributed by atoms with E-state index in [0.29, 0.717) is 0 Å². The number of nitrogens with two attached hydrogens (primary N) is 1. The van der Waals surface area contributed by atoms with Gasteiger partial charge < -0.3 is 31.3 Å². The van der Waals surface area contributed by atoms with Gasteiger partial charge in [-0.15, -0.1) is 0 Å². The highest BCUT2D eigenvalue weighted by atomic mass is 16.4. The maximum Gasteiger partial charge on any atom is 0.331 e. The standard InChI is InChI=1S/C10H17NO7/c1-9(11,8(16)17)7(15)10(18)2-4(12)6(14)5(13)3-10/h4-6,12-14,18H,2-3,11H2,1H3,(H,16,17)/t4-,5-,6?,9-,10?/m1/s1. The second-order valence-electron chi connectivity index (χ2n) is 4.90. The third-order valence-electron chi connectivity index (χ3n) is 3.22. The van der Waals surface area contributed by atoms with Crippen LogP contribution in [0.5, 0.6) is 0 Å². The van der Waals surface area contributed by atoms with Gasteiger partial charge in [0.25, 0.3) is 0 Å². The highest BCUT2D eigenvalue weighted by molar-refractivity contribution is 6.10. The van der Waals surface area contributed by atoms with Crippen molar-refractivity contribution in [2.45, 2.75) is 49.2 Å². The summed E-state index contributed by atoms with van der Waals surface area (Å²) in [5.74, 6) is -2.84. The van der Waals surface area contributed by atoms with Crippen molar-refractivity contribution in [2.24, 2.45) is 5.73 Å². The van der Waals surface area contributed by atoms with Gasteiger partial charge in [0.1, 0.15) is 11.7 Å². The maximum absolute atomic E-state index is 11.9. The van der Waals surface area contributed by atoms with Crippen LogP contribution in [0.25, 0.3) is 0 Å². The number of carbonyl (C=O) groups is 2. The molecule has 0 unspecified atom stereocenters. The second kappa shape index (κ2) is 4.56. The predicted molar refractivity (Wildman–Crippen MR) is 57.4 cm³/mol. The molecule has 8 nitrogen and oxygen atoms in total. The molecule has 0 aromatic heterocycles. The molecule has 0 bridgehead atoms. The molecule has 0 radical (unpaired) electrons. The van der Waals surface area contributed by atoms with E-state index < -0.39 is 54.0 Å². The molecule has 1 aliphatic rings. The van der Waals surface area contributed by atoms with Crippen LogP contribution in [0.15, 0.2) is 0 Å². The molecular weight excluding hydrogens is 246 g/mol. The number of carboxylic acid groups (broad SMARTS) is 1. The molecule has 0 aromatic carbocycles. The van der Waals surface area contributed by atoms with E-state index in [1.54, 1.807) is 0 Å². The molecule has 1 rings (SSSR count). The number of carboxylic acids is 1.